The maximum absolute atomic E-state index is 14.2. The lowest BCUT2D eigenvalue weighted by atomic mass is 9.82. The number of esters is 1. The summed E-state index contributed by atoms with van der Waals surface area (Å²) in [5, 5.41) is 2.07. The van der Waals surface area contributed by atoms with Crippen LogP contribution < -0.4 is 0 Å². The van der Waals surface area contributed by atoms with E-state index in [2.05, 4.69) is 0 Å². The molecule has 0 unspecified atom stereocenters. The van der Waals surface area contributed by atoms with Gasteiger partial charge < -0.3 is 4.74 Å². The molecule has 1 aliphatic rings. The topological polar surface area (TPSA) is 63.7 Å². The van der Waals surface area contributed by atoms with Gasteiger partial charge in [0.2, 0.25) is 10.0 Å². The highest BCUT2D eigenvalue weighted by molar-refractivity contribution is 7.89. The van der Waals surface area contributed by atoms with Crippen LogP contribution in [0.5, 0.6) is 0 Å². The van der Waals surface area contributed by atoms with Crippen LogP contribution in [0.25, 0.3) is 10.8 Å². The van der Waals surface area contributed by atoms with Gasteiger partial charge in [-0.3, -0.25) is 4.79 Å². The highest BCUT2D eigenvalue weighted by Gasteiger charge is 2.33. The van der Waals surface area contributed by atoms with Crippen LogP contribution in [0.3, 0.4) is 0 Å². The molecular formula is C25H24Cl2FNO4S. The van der Waals surface area contributed by atoms with Crippen molar-refractivity contribution in [1.82, 2.24) is 4.31 Å². The molecule has 1 aliphatic heterocycles. The summed E-state index contributed by atoms with van der Waals surface area (Å²) in [6, 6.07) is 10.8. The highest BCUT2D eigenvalue weighted by Crippen LogP contribution is 2.39. The van der Waals surface area contributed by atoms with E-state index < -0.39 is 10.0 Å². The fraction of sp³-hybridized carbons (Fsp3) is 0.320. The van der Waals surface area contributed by atoms with E-state index >= 15 is 0 Å². The molecule has 5 nitrogen and oxygen atoms in total. The second-order valence-corrected chi connectivity index (χ2v) is 11.2. The Kier molecular flexibility index (Phi) is 7.20. The number of ether oxygens (including phenoxy) is 1. The SMILES string of the molecule is COC(=O)Cc1cc2ccc(F)cc2c(C2CCN(S(=O)(=O)c3ccc(Cl)cc3Cl)CC2)c1C. The average Bonchev–Trinajstić information content (AvgIpc) is 2.79. The quantitative estimate of drug-likeness (QED) is 0.392. The predicted molar refractivity (Wildman–Crippen MR) is 132 cm³/mol. The van der Waals surface area contributed by atoms with E-state index in [4.69, 9.17) is 27.9 Å². The Labute approximate surface area is 208 Å². The monoisotopic (exact) mass is 523 g/mol. The van der Waals surface area contributed by atoms with Crippen molar-refractivity contribution in [2.75, 3.05) is 20.2 Å². The molecule has 0 bridgehead atoms. The first-order valence-electron chi connectivity index (χ1n) is 10.9. The molecule has 1 fully saturated rings. The maximum Gasteiger partial charge on any atom is 0.309 e. The number of methoxy groups -OCH3 is 1. The van der Waals surface area contributed by atoms with Crippen molar-refractivity contribution in [2.45, 2.75) is 37.0 Å². The Balaban J connectivity index is 1.67. The summed E-state index contributed by atoms with van der Waals surface area (Å²) in [7, 11) is -2.43. The van der Waals surface area contributed by atoms with E-state index in [1.165, 1.54) is 41.7 Å². The second kappa shape index (κ2) is 9.82. The molecule has 0 spiro atoms. The number of rotatable bonds is 5. The van der Waals surface area contributed by atoms with Crippen molar-refractivity contribution < 1.29 is 22.3 Å². The Bertz CT molecular complexity index is 1370. The predicted octanol–water partition coefficient (Wildman–Crippen LogP) is 5.88. The number of carbonyl (C=O) groups excluding carboxylic acids is 1. The van der Waals surface area contributed by atoms with Crippen LogP contribution in [0.4, 0.5) is 4.39 Å². The third-order valence-corrected chi connectivity index (χ3v) is 9.07. The molecule has 1 heterocycles. The second-order valence-electron chi connectivity index (χ2n) is 8.45. The first-order chi connectivity index (χ1) is 16.1. The fourth-order valence-electron chi connectivity index (χ4n) is 4.70. The van der Waals surface area contributed by atoms with Gasteiger partial charge in [0.05, 0.1) is 18.6 Å². The standard InChI is InChI=1S/C25H24Cl2FNO4S/c1-15-18(12-24(30)33-2)11-17-3-5-20(28)14-21(17)25(15)16-7-9-29(10-8-16)34(31,32)23-6-4-19(26)13-22(23)27/h3-6,11,13-14,16H,7-10,12H2,1-2H3. The normalized spacial score (nSPS) is 15.6. The zero-order valence-corrected chi connectivity index (χ0v) is 21.1. The molecule has 4 rings (SSSR count). The van der Waals surface area contributed by atoms with Crippen molar-refractivity contribution in [3.8, 4) is 0 Å². The molecule has 0 amide bonds. The van der Waals surface area contributed by atoms with Crippen LogP contribution in [0.15, 0.2) is 47.4 Å². The number of carbonyl (C=O) groups is 1. The lowest BCUT2D eigenvalue weighted by Crippen LogP contribution is -2.38. The van der Waals surface area contributed by atoms with E-state index in [9.17, 15) is 17.6 Å². The van der Waals surface area contributed by atoms with Gasteiger partial charge in [0, 0.05) is 18.1 Å². The largest absolute Gasteiger partial charge is 0.469 e. The van der Waals surface area contributed by atoms with Crippen molar-refractivity contribution in [3.05, 3.63) is 75.0 Å². The summed E-state index contributed by atoms with van der Waals surface area (Å²) in [5.41, 5.74) is 2.69. The molecule has 0 aromatic heterocycles. The maximum atomic E-state index is 14.2. The number of hydrogen-bond acceptors (Lipinski definition) is 4. The van der Waals surface area contributed by atoms with Gasteiger partial charge >= 0.3 is 5.97 Å². The summed E-state index contributed by atoms with van der Waals surface area (Å²) in [6.45, 7) is 2.52. The third-order valence-electron chi connectivity index (χ3n) is 6.46. The molecule has 34 heavy (non-hydrogen) atoms. The number of fused-ring (bicyclic) bond motifs is 1. The Hall–Kier alpha value is -2.19. The van der Waals surface area contributed by atoms with Crippen molar-refractivity contribution in [2.24, 2.45) is 0 Å². The molecule has 3 aromatic carbocycles. The number of benzene rings is 3. The van der Waals surface area contributed by atoms with Crippen molar-refractivity contribution >= 4 is 50.0 Å². The molecule has 180 valence electrons. The van der Waals surface area contributed by atoms with Crippen LogP contribution in [0.2, 0.25) is 10.0 Å². The van der Waals surface area contributed by atoms with Gasteiger partial charge in [0.15, 0.2) is 0 Å². The Morgan fingerprint density at radius 3 is 2.47 bits per heavy atom. The van der Waals surface area contributed by atoms with Crippen LogP contribution in [-0.2, 0) is 26.0 Å². The molecule has 0 radical (unpaired) electrons. The van der Waals surface area contributed by atoms with E-state index in [-0.39, 0.29) is 34.0 Å². The third kappa shape index (κ3) is 4.80. The van der Waals surface area contributed by atoms with Crippen LogP contribution in [0, 0.1) is 12.7 Å². The van der Waals surface area contributed by atoms with E-state index in [0.717, 1.165) is 27.5 Å². The van der Waals surface area contributed by atoms with Crippen molar-refractivity contribution in [1.29, 1.82) is 0 Å². The molecule has 1 saturated heterocycles. The lowest BCUT2D eigenvalue weighted by molar-refractivity contribution is -0.139. The highest BCUT2D eigenvalue weighted by atomic mass is 35.5. The van der Waals surface area contributed by atoms with Gasteiger partial charge in [0.25, 0.3) is 0 Å². The van der Waals surface area contributed by atoms with Crippen molar-refractivity contribution in [3.63, 3.8) is 0 Å². The fourth-order valence-corrected chi connectivity index (χ4v) is 6.92. The van der Waals surface area contributed by atoms with Gasteiger partial charge in [-0.15, -0.1) is 0 Å². The van der Waals surface area contributed by atoms with E-state index in [1.54, 1.807) is 6.07 Å². The molecule has 3 aromatic rings. The first kappa shape index (κ1) is 24.9. The van der Waals surface area contributed by atoms with Gasteiger partial charge in [-0.2, -0.15) is 4.31 Å². The van der Waals surface area contributed by atoms with E-state index in [1.807, 2.05) is 13.0 Å². The zero-order chi connectivity index (χ0) is 24.6. The number of piperidine rings is 1. The van der Waals surface area contributed by atoms with Crippen LogP contribution in [0.1, 0.15) is 35.4 Å². The molecular weight excluding hydrogens is 500 g/mol. The average molecular weight is 524 g/mol. The Morgan fingerprint density at radius 1 is 1.12 bits per heavy atom. The van der Waals surface area contributed by atoms with Gasteiger partial charge in [0.1, 0.15) is 10.7 Å². The van der Waals surface area contributed by atoms with Gasteiger partial charge in [-0.1, -0.05) is 35.3 Å². The molecule has 0 atom stereocenters. The van der Waals surface area contributed by atoms with Gasteiger partial charge in [-0.25, -0.2) is 12.8 Å². The number of hydrogen-bond donors (Lipinski definition) is 0. The summed E-state index contributed by atoms with van der Waals surface area (Å²) in [5.74, 6) is -0.684. The number of sulfonamides is 1. The number of nitrogens with zero attached hydrogens (tertiary/aromatic N) is 1. The summed E-state index contributed by atoms with van der Waals surface area (Å²) < 4.78 is 46.8. The summed E-state index contributed by atoms with van der Waals surface area (Å²) >= 11 is 12.1. The minimum atomic E-state index is -3.78. The molecule has 0 saturated carbocycles. The van der Waals surface area contributed by atoms with Crippen LogP contribution in [-0.4, -0.2) is 38.9 Å². The molecule has 0 N–H and O–H groups in total. The minimum absolute atomic E-state index is 0.00837. The Morgan fingerprint density at radius 2 is 1.82 bits per heavy atom. The van der Waals surface area contributed by atoms with Gasteiger partial charge in [-0.05, 0) is 83.5 Å². The van der Waals surface area contributed by atoms with E-state index in [0.29, 0.717) is 31.0 Å². The number of halogens is 3. The first-order valence-corrected chi connectivity index (χ1v) is 13.0. The van der Waals surface area contributed by atoms with Crippen LogP contribution >= 0.6 is 23.2 Å². The molecule has 9 heteroatoms. The summed E-state index contributed by atoms with van der Waals surface area (Å²) in [4.78, 5) is 12.0. The zero-order valence-electron chi connectivity index (χ0n) is 18.8. The minimum Gasteiger partial charge on any atom is -0.469 e. The smallest absolute Gasteiger partial charge is 0.309 e. The summed E-state index contributed by atoms with van der Waals surface area (Å²) in [6.07, 6.45) is 1.22. The molecule has 0 aliphatic carbocycles. The lowest BCUT2D eigenvalue weighted by Gasteiger charge is -2.33.